The third-order valence-electron chi connectivity index (χ3n) is 2.55. The lowest BCUT2D eigenvalue weighted by Crippen LogP contribution is -2.18. The van der Waals surface area contributed by atoms with Crippen molar-refractivity contribution in [3.63, 3.8) is 0 Å². The highest BCUT2D eigenvalue weighted by Crippen LogP contribution is 2.49. The Labute approximate surface area is 88.4 Å². The normalized spacial score (nSPS) is 24.0. The summed E-state index contributed by atoms with van der Waals surface area (Å²) in [6.07, 6.45) is 3.50. The van der Waals surface area contributed by atoms with Crippen LogP contribution in [0.3, 0.4) is 0 Å². The number of carbonyl (C=O) groups is 1. The Balaban J connectivity index is 2.32. The van der Waals surface area contributed by atoms with Crippen molar-refractivity contribution in [2.75, 3.05) is 12.4 Å². The Morgan fingerprint density at radius 3 is 3.14 bits per heavy atom. The van der Waals surface area contributed by atoms with E-state index in [9.17, 15) is 4.79 Å². The van der Waals surface area contributed by atoms with Crippen molar-refractivity contribution in [3.05, 3.63) is 22.3 Å². The molecule has 0 fully saturated rings. The monoisotopic (exact) mass is 210 g/mol. The lowest BCUT2D eigenvalue weighted by molar-refractivity contribution is -0.107. The molecule has 0 amide bonds. The van der Waals surface area contributed by atoms with Crippen molar-refractivity contribution < 1.29 is 9.53 Å². The summed E-state index contributed by atoms with van der Waals surface area (Å²) in [5.41, 5.74) is 1.28. The zero-order valence-electron chi connectivity index (χ0n) is 8.50. The van der Waals surface area contributed by atoms with Gasteiger partial charge in [0.15, 0.2) is 0 Å². The highest BCUT2D eigenvalue weighted by atomic mass is 32.2. The number of carbonyl (C=O) groups excluding carboxylic acids is 1. The molecule has 0 radical (unpaired) electrons. The van der Waals surface area contributed by atoms with E-state index in [1.165, 1.54) is 4.91 Å². The highest BCUT2D eigenvalue weighted by molar-refractivity contribution is 8.03. The molecule has 0 unspecified atom stereocenters. The number of aldehydes is 1. The molecule has 0 aromatic carbocycles. The van der Waals surface area contributed by atoms with Crippen LogP contribution in [-0.4, -0.2) is 18.6 Å². The minimum atomic E-state index is 0.127. The first-order valence-electron chi connectivity index (χ1n) is 4.78. The van der Waals surface area contributed by atoms with Crippen LogP contribution < -0.4 is 0 Å². The van der Waals surface area contributed by atoms with Gasteiger partial charge >= 0.3 is 0 Å². The highest BCUT2D eigenvalue weighted by Gasteiger charge is 2.37. The Hall–Kier alpha value is -0.700. The van der Waals surface area contributed by atoms with Gasteiger partial charge in [-0.2, -0.15) is 0 Å². The van der Waals surface area contributed by atoms with Crippen molar-refractivity contribution in [3.8, 4) is 0 Å². The van der Waals surface area contributed by atoms with E-state index < -0.39 is 0 Å². The standard InChI is InChI=1S/C11H14O2S/c1-11(2)7-14-9-8(3-5-12)4-6-13-10(9)11/h4-5H,3,6-7H2,1-2H3. The summed E-state index contributed by atoms with van der Waals surface area (Å²) in [5.74, 6) is 2.13. The molecular weight excluding hydrogens is 196 g/mol. The van der Waals surface area contributed by atoms with Crippen LogP contribution in [0.2, 0.25) is 0 Å². The number of allylic oxidation sites excluding steroid dienone is 2. The first-order valence-corrected chi connectivity index (χ1v) is 5.77. The predicted octanol–water partition coefficient (Wildman–Crippen LogP) is 2.52. The fourth-order valence-corrected chi connectivity index (χ4v) is 3.23. The van der Waals surface area contributed by atoms with Crippen LogP contribution in [0.15, 0.2) is 22.3 Å². The lowest BCUT2D eigenvalue weighted by atomic mass is 9.91. The van der Waals surface area contributed by atoms with Gasteiger partial charge in [-0.05, 0) is 11.6 Å². The Bertz CT molecular complexity index is 326. The number of ether oxygens (including phenoxy) is 1. The molecule has 0 saturated carbocycles. The number of hydrogen-bond acceptors (Lipinski definition) is 3. The molecule has 0 saturated heterocycles. The topological polar surface area (TPSA) is 26.3 Å². The Kier molecular flexibility index (Phi) is 2.43. The molecule has 14 heavy (non-hydrogen) atoms. The second-order valence-corrected chi connectivity index (χ2v) is 5.23. The van der Waals surface area contributed by atoms with Crippen molar-refractivity contribution in [2.24, 2.45) is 5.41 Å². The van der Waals surface area contributed by atoms with E-state index in [0.29, 0.717) is 13.0 Å². The third kappa shape index (κ3) is 1.50. The van der Waals surface area contributed by atoms with Gasteiger partial charge in [0.25, 0.3) is 0 Å². The van der Waals surface area contributed by atoms with Gasteiger partial charge in [-0.15, -0.1) is 11.8 Å². The van der Waals surface area contributed by atoms with Crippen LogP contribution in [0.4, 0.5) is 0 Å². The summed E-state index contributed by atoms with van der Waals surface area (Å²) in [7, 11) is 0. The predicted molar refractivity (Wildman–Crippen MR) is 58.0 cm³/mol. The molecule has 0 aromatic heterocycles. The summed E-state index contributed by atoms with van der Waals surface area (Å²) in [6.45, 7) is 4.99. The van der Waals surface area contributed by atoms with Crippen LogP contribution in [0.1, 0.15) is 20.3 Å². The lowest BCUT2D eigenvalue weighted by Gasteiger charge is -2.24. The van der Waals surface area contributed by atoms with E-state index in [0.717, 1.165) is 23.4 Å². The van der Waals surface area contributed by atoms with Gasteiger partial charge < -0.3 is 9.53 Å². The van der Waals surface area contributed by atoms with Gasteiger partial charge in [0.1, 0.15) is 18.7 Å². The summed E-state index contributed by atoms with van der Waals surface area (Å²) >= 11 is 1.81. The largest absolute Gasteiger partial charge is 0.492 e. The molecule has 76 valence electrons. The summed E-state index contributed by atoms with van der Waals surface area (Å²) in [5, 5.41) is 0. The summed E-state index contributed by atoms with van der Waals surface area (Å²) in [6, 6.07) is 0. The number of thioether (sulfide) groups is 1. The van der Waals surface area contributed by atoms with Crippen LogP contribution >= 0.6 is 11.8 Å². The molecule has 0 spiro atoms. The molecule has 0 aromatic rings. The SMILES string of the molecule is CC1(C)CSC2=C1OCC=C2CC=O. The first-order chi connectivity index (χ1) is 6.65. The van der Waals surface area contributed by atoms with E-state index in [2.05, 4.69) is 13.8 Å². The zero-order valence-corrected chi connectivity index (χ0v) is 9.32. The smallest absolute Gasteiger partial charge is 0.124 e. The second-order valence-electron chi connectivity index (χ2n) is 4.24. The molecule has 0 aliphatic carbocycles. The van der Waals surface area contributed by atoms with Crippen LogP contribution in [0.25, 0.3) is 0 Å². The first kappa shape index (κ1) is 9.84. The fourth-order valence-electron chi connectivity index (χ4n) is 1.77. The molecular formula is C11H14O2S. The number of hydrogen-bond donors (Lipinski definition) is 0. The molecule has 0 N–H and O–H groups in total. The Morgan fingerprint density at radius 2 is 2.43 bits per heavy atom. The minimum Gasteiger partial charge on any atom is -0.492 e. The molecule has 2 aliphatic rings. The minimum absolute atomic E-state index is 0.127. The molecule has 2 heterocycles. The maximum absolute atomic E-state index is 10.5. The molecule has 2 nitrogen and oxygen atoms in total. The zero-order chi connectivity index (χ0) is 10.2. The average Bonchev–Trinajstić information content (AvgIpc) is 2.45. The molecule has 3 heteroatoms. The summed E-state index contributed by atoms with van der Waals surface area (Å²) < 4.78 is 5.66. The van der Waals surface area contributed by atoms with Gasteiger partial charge in [0.05, 0.1) is 0 Å². The van der Waals surface area contributed by atoms with Gasteiger partial charge in [-0.1, -0.05) is 13.8 Å². The summed E-state index contributed by atoms with van der Waals surface area (Å²) in [4.78, 5) is 11.7. The maximum Gasteiger partial charge on any atom is 0.124 e. The fraction of sp³-hybridized carbons (Fsp3) is 0.545. The van der Waals surface area contributed by atoms with Crippen LogP contribution in [0, 0.1) is 5.41 Å². The third-order valence-corrected chi connectivity index (χ3v) is 4.15. The second kappa shape index (κ2) is 3.46. The van der Waals surface area contributed by atoms with Crippen molar-refractivity contribution >= 4 is 18.0 Å². The maximum atomic E-state index is 10.5. The average molecular weight is 210 g/mol. The van der Waals surface area contributed by atoms with E-state index in [-0.39, 0.29) is 5.41 Å². The molecule has 0 bridgehead atoms. The molecule has 2 rings (SSSR count). The van der Waals surface area contributed by atoms with Crippen LogP contribution in [0.5, 0.6) is 0 Å². The van der Waals surface area contributed by atoms with E-state index >= 15 is 0 Å². The van der Waals surface area contributed by atoms with E-state index in [1.54, 1.807) is 0 Å². The van der Waals surface area contributed by atoms with Crippen molar-refractivity contribution in [1.82, 2.24) is 0 Å². The van der Waals surface area contributed by atoms with Gasteiger partial charge in [-0.3, -0.25) is 0 Å². The Morgan fingerprint density at radius 1 is 1.64 bits per heavy atom. The molecule has 2 aliphatic heterocycles. The van der Waals surface area contributed by atoms with Gasteiger partial charge in [0, 0.05) is 22.5 Å². The van der Waals surface area contributed by atoms with Gasteiger partial charge in [0.2, 0.25) is 0 Å². The molecule has 0 atom stereocenters. The number of rotatable bonds is 2. The van der Waals surface area contributed by atoms with Gasteiger partial charge in [-0.25, -0.2) is 0 Å². The van der Waals surface area contributed by atoms with Crippen molar-refractivity contribution in [1.29, 1.82) is 0 Å². The quantitative estimate of drug-likeness (QED) is 0.655. The van der Waals surface area contributed by atoms with E-state index in [4.69, 9.17) is 4.74 Å². The van der Waals surface area contributed by atoms with Crippen LogP contribution in [-0.2, 0) is 9.53 Å². The van der Waals surface area contributed by atoms with Crippen molar-refractivity contribution in [2.45, 2.75) is 20.3 Å². The van der Waals surface area contributed by atoms with E-state index in [1.807, 2.05) is 17.8 Å².